The van der Waals surface area contributed by atoms with Crippen LogP contribution in [0.25, 0.3) is 0 Å². The Labute approximate surface area is 184 Å². The first-order chi connectivity index (χ1) is 15.1. The third kappa shape index (κ3) is 4.46. The summed E-state index contributed by atoms with van der Waals surface area (Å²) < 4.78 is 10.7. The van der Waals surface area contributed by atoms with E-state index in [-0.39, 0.29) is 17.7 Å². The highest BCUT2D eigenvalue weighted by Crippen LogP contribution is 2.41. The fourth-order valence-corrected chi connectivity index (χ4v) is 4.49. The van der Waals surface area contributed by atoms with Gasteiger partial charge in [-0.15, -0.1) is 11.3 Å². The lowest BCUT2D eigenvalue weighted by Gasteiger charge is -2.22. The zero-order valence-electron chi connectivity index (χ0n) is 17.5. The molecule has 0 bridgehead atoms. The first-order valence-corrected chi connectivity index (χ1v) is 10.6. The minimum Gasteiger partial charge on any atom is -0.497 e. The lowest BCUT2D eigenvalue weighted by molar-refractivity contribution is 0.0997. The number of methoxy groups -OCH3 is 1. The van der Waals surface area contributed by atoms with Gasteiger partial charge in [0.2, 0.25) is 0 Å². The summed E-state index contributed by atoms with van der Waals surface area (Å²) in [5.41, 5.74) is 3.09. The monoisotopic (exact) mass is 433 g/mol. The van der Waals surface area contributed by atoms with Gasteiger partial charge in [0.1, 0.15) is 16.6 Å². The summed E-state index contributed by atoms with van der Waals surface area (Å²) in [6.07, 6.45) is 3.23. The van der Waals surface area contributed by atoms with Gasteiger partial charge in [-0.05, 0) is 61.4 Å². The van der Waals surface area contributed by atoms with Crippen molar-refractivity contribution in [2.75, 3.05) is 17.7 Å². The fraction of sp³-hybridized carbons (Fsp3) is 0.167. The molecule has 158 valence electrons. The summed E-state index contributed by atoms with van der Waals surface area (Å²) in [6.45, 7) is 4.12. The van der Waals surface area contributed by atoms with Crippen LogP contribution in [0.5, 0.6) is 5.75 Å². The van der Waals surface area contributed by atoms with Crippen molar-refractivity contribution in [1.29, 1.82) is 0 Å². The first kappa shape index (κ1) is 20.7. The van der Waals surface area contributed by atoms with Gasteiger partial charge < -0.3 is 19.8 Å². The number of nitrogens with one attached hydrogen (secondary N) is 2. The Morgan fingerprint density at radius 2 is 2.00 bits per heavy atom. The molecule has 7 heteroatoms. The molecular formula is C24H23N3O3S. The zero-order valence-corrected chi connectivity index (χ0v) is 18.3. The van der Waals surface area contributed by atoms with E-state index in [1.54, 1.807) is 36.8 Å². The second-order valence-corrected chi connectivity index (χ2v) is 8.25. The molecule has 1 amide bonds. The van der Waals surface area contributed by atoms with E-state index in [0.717, 1.165) is 38.1 Å². The number of amides is 1. The van der Waals surface area contributed by atoms with E-state index in [1.807, 2.05) is 42.5 Å². The van der Waals surface area contributed by atoms with Crippen LogP contribution in [0, 0.1) is 13.8 Å². The number of nitrogens with zero attached hydrogens (tertiary/aromatic N) is 1. The van der Waals surface area contributed by atoms with Crippen LogP contribution in [0.15, 0.2) is 71.5 Å². The van der Waals surface area contributed by atoms with E-state index in [0.29, 0.717) is 0 Å². The molecule has 6 nitrogen and oxygen atoms in total. The standard InChI is InChI=1S/C24H23N3O3S/c1-15-16(2)31-24(27-23(28)19-10-7-13-30-19)21(15)22(26-20-11-4-5-12-25-20)17-8-6-9-18(14-17)29-3/h4-14,22H,1-3H3,(H,25,26)(H,27,28)/t22-/m1/s1. The topological polar surface area (TPSA) is 76.4 Å². The van der Waals surface area contributed by atoms with Crippen molar-refractivity contribution < 1.29 is 13.9 Å². The highest BCUT2D eigenvalue weighted by molar-refractivity contribution is 7.16. The van der Waals surface area contributed by atoms with Crippen LogP contribution < -0.4 is 15.4 Å². The fourth-order valence-electron chi connectivity index (χ4n) is 3.40. The number of carbonyl (C=O) groups excluding carboxylic acids is 1. The molecule has 0 saturated carbocycles. The number of anilines is 2. The van der Waals surface area contributed by atoms with Gasteiger partial charge in [0.15, 0.2) is 5.76 Å². The second-order valence-electron chi connectivity index (χ2n) is 7.03. The van der Waals surface area contributed by atoms with Crippen LogP contribution in [0.1, 0.15) is 38.2 Å². The number of benzene rings is 1. The largest absolute Gasteiger partial charge is 0.497 e. The molecule has 0 saturated heterocycles. The molecule has 3 aromatic heterocycles. The van der Waals surface area contributed by atoms with Gasteiger partial charge in [-0.2, -0.15) is 0 Å². The number of thiophene rings is 1. The molecule has 4 aromatic rings. The van der Waals surface area contributed by atoms with Gasteiger partial charge in [0.05, 0.1) is 19.4 Å². The van der Waals surface area contributed by atoms with Crippen molar-refractivity contribution >= 4 is 28.1 Å². The van der Waals surface area contributed by atoms with E-state index in [2.05, 4.69) is 29.5 Å². The van der Waals surface area contributed by atoms with Gasteiger partial charge in [0.25, 0.3) is 5.91 Å². The van der Waals surface area contributed by atoms with Gasteiger partial charge in [0, 0.05) is 16.6 Å². The molecule has 2 N–H and O–H groups in total. The maximum atomic E-state index is 12.7. The number of furan rings is 1. The Balaban J connectivity index is 1.79. The number of pyridine rings is 1. The van der Waals surface area contributed by atoms with Crippen molar-refractivity contribution in [3.8, 4) is 5.75 Å². The summed E-state index contributed by atoms with van der Waals surface area (Å²) in [5, 5.41) is 7.34. The van der Waals surface area contributed by atoms with Gasteiger partial charge in [-0.25, -0.2) is 4.98 Å². The van der Waals surface area contributed by atoms with Crippen LogP contribution in [0.3, 0.4) is 0 Å². The van der Waals surface area contributed by atoms with Crippen LogP contribution in [-0.4, -0.2) is 18.0 Å². The normalized spacial score (nSPS) is 11.7. The number of aromatic nitrogens is 1. The van der Waals surface area contributed by atoms with Gasteiger partial charge in [-0.1, -0.05) is 18.2 Å². The summed E-state index contributed by atoms with van der Waals surface area (Å²) in [5.74, 6) is 1.48. The minimum absolute atomic E-state index is 0.248. The smallest absolute Gasteiger partial charge is 0.291 e. The van der Waals surface area contributed by atoms with E-state index in [1.165, 1.54) is 6.26 Å². The van der Waals surface area contributed by atoms with Gasteiger partial charge in [-0.3, -0.25) is 4.79 Å². The number of carbonyl (C=O) groups is 1. The molecular weight excluding hydrogens is 410 g/mol. The molecule has 0 aliphatic carbocycles. The van der Waals surface area contributed by atoms with E-state index < -0.39 is 0 Å². The average Bonchev–Trinajstić information content (AvgIpc) is 3.42. The molecule has 31 heavy (non-hydrogen) atoms. The number of hydrogen-bond donors (Lipinski definition) is 2. The zero-order chi connectivity index (χ0) is 21.8. The Morgan fingerprint density at radius 3 is 2.71 bits per heavy atom. The van der Waals surface area contributed by atoms with E-state index in [9.17, 15) is 4.79 Å². The molecule has 0 aliphatic heterocycles. The lowest BCUT2D eigenvalue weighted by Crippen LogP contribution is -2.17. The van der Waals surface area contributed by atoms with Gasteiger partial charge >= 0.3 is 0 Å². The van der Waals surface area contributed by atoms with Crippen LogP contribution in [-0.2, 0) is 0 Å². The minimum atomic E-state index is -0.283. The van der Waals surface area contributed by atoms with Crippen molar-refractivity contribution in [1.82, 2.24) is 4.98 Å². The molecule has 0 fully saturated rings. The Bertz CT molecular complexity index is 1170. The van der Waals surface area contributed by atoms with Crippen LogP contribution in [0.4, 0.5) is 10.8 Å². The lowest BCUT2D eigenvalue weighted by atomic mass is 9.96. The van der Waals surface area contributed by atoms with E-state index >= 15 is 0 Å². The number of ether oxygens (including phenoxy) is 1. The van der Waals surface area contributed by atoms with Crippen molar-refractivity contribution in [3.05, 3.63) is 94.4 Å². The predicted octanol–water partition coefficient (Wildman–Crippen LogP) is 5.82. The summed E-state index contributed by atoms with van der Waals surface area (Å²) in [7, 11) is 1.65. The second kappa shape index (κ2) is 9.06. The van der Waals surface area contributed by atoms with E-state index in [4.69, 9.17) is 9.15 Å². The summed E-state index contributed by atoms with van der Waals surface area (Å²) >= 11 is 1.54. The van der Waals surface area contributed by atoms with Crippen molar-refractivity contribution in [2.24, 2.45) is 0 Å². The van der Waals surface area contributed by atoms with Crippen molar-refractivity contribution in [3.63, 3.8) is 0 Å². The molecule has 1 aromatic carbocycles. The SMILES string of the molecule is COc1cccc([C@@H](Nc2ccccn2)c2c(NC(=O)c3ccco3)sc(C)c2C)c1. The maximum Gasteiger partial charge on any atom is 0.291 e. The Morgan fingerprint density at radius 1 is 1.13 bits per heavy atom. The molecule has 0 aliphatic rings. The number of rotatable bonds is 7. The highest BCUT2D eigenvalue weighted by Gasteiger charge is 2.26. The molecule has 4 rings (SSSR count). The van der Waals surface area contributed by atoms with Crippen LogP contribution >= 0.6 is 11.3 Å². The Hall–Kier alpha value is -3.58. The van der Waals surface area contributed by atoms with Crippen LogP contribution in [0.2, 0.25) is 0 Å². The third-order valence-corrected chi connectivity index (χ3v) is 6.22. The molecule has 0 radical (unpaired) electrons. The highest BCUT2D eigenvalue weighted by atomic mass is 32.1. The summed E-state index contributed by atoms with van der Waals surface area (Å²) in [4.78, 5) is 18.3. The first-order valence-electron chi connectivity index (χ1n) is 9.83. The predicted molar refractivity (Wildman–Crippen MR) is 123 cm³/mol. The molecule has 0 unspecified atom stereocenters. The maximum absolute atomic E-state index is 12.7. The third-order valence-electron chi connectivity index (χ3n) is 5.08. The summed E-state index contributed by atoms with van der Waals surface area (Å²) in [6, 6.07) is 16.7. The molecule has 1 atom stereocenters. The average molecular weight is 434 g/mol. The molecule has 3 heterocycles. The number of hydrogen-bond acceptors (Lipinski definition) is 6. The quantitative estimate of drug-likeness (QED) is 0.384. The van der Waals surface area contributed by atoms with Crippen molar-refractivity contribution in [2.45, 2.75) is 19.9 Å². The number of aryl methyl sites for hydroxylation is 1. The molecule has 0 spiro atoms. The Kier molecular flexibility index (Phi) is 6.04.